The van der Waals surface area contributed by atoms with Crippen molar-refractivity contribution in [2.24, 2.45) is 0 Å². The third kappa shape index (κ3) is 8.18. The zero-order chi connectivity index (χ0) is 8.32. The average Bonchev–Trinajstić information content (AvgIpc) is 1.85. The van der Waals surface area contributed by atoms with E-state index in [1.165, 1.54) is 12.1 Å². The second-order valence-corrected chi connectivity index (χ2v) is 2.93. The minimum atomic E-state index is -4.89. The van der Waals surface area contributed by atoms with Gasteiger partial charge in [-0.2, -0.15) is 0 Å². The van der Waals surface area contributed by atoms with Gasteiger partial charge in [0.05, 0.1) is 0 Å². The Morgan fingerprint density at radius 1 is 1.08 bits per heavy atom. The predicted octanol–water partition coefficient (Wildman–Crippen LogP) is -6.10. The summed E-state index contributed by atoms with van der Waals surface area (Å²) in [5, 5.41) is 0. The minimum absolute atomic E-state index is 0. The molecule has 1 aromatic carbocycles. The van der Waals surface area contributed by atoms with Gasteiger partial charge in [-0.25, -0.2) is 0 Å². The largest absolute Gasteiger partial charge is 1.00 e. The summed E-state index contributed by atoms with van der Waals surface area (Å²) in [7, 11) is -4.89. The summed E-state index contributed by atoms with van der Waals surface area (Å²) in [5.41, 5.74) is 0. The van der Waals surface area contributed by atoms with E-state index in [2.05, 4.69) is 4.52 Å². The first-order chi connectivity index (χ1) is 5.08. The fraction of sp³-hybridized carbons (Fsp3) is 0. The van der Waals surface area contributed by atoms with Crippen LogP contribution in [0.1, 0.15) is 0 Å². The van der Waals surface area contributed by atoms with Gasteiger partial charge in [-0.15, -0.1) is 0 Å². The molecule has 0 radical (unpaired) electrons. The molecule has 60 valence electrons. The van der Waals surface area contributed by atoms with Crippen LogP contribution in [0.4, 0.5) is 0 Å². The second kappa shape index (κ2) is 7.46. The molecule has 0 saturated carbocycles. The Kier molecular flexibility index (Phi) is 9.52. The molecule has 0 aliphatic rings. The first-order valence-electron chi connectivity index (χ1n) is 2.85. The Morgan fingerprint density at radius 3 is 1.92 bits per heavy atom. The normalized spacial score (nSPS) is 9.38. The zero-order valence-electron chi connectivity index (χ0n) is 7.47. The number of para-hydroxylation sites is 1. The fourth-order valence-corrected chi connectivity index (χ4v) is 0.990. The summed E-state index contributed by atoms with van der Waals surface area (Å²) < 4.78 is 14.1. The van der Waals surface area contributed by atoms with Crippen LogP contribution in [0.25, 0.3) is 0 Å². The average molecular weight is 220 g/mol. The van der Waals surface area contributed by atoms with Crippen molar-refractivity contribution in [2.45, 2.75) is 0 Å². The van der Waals surface area contributed by atoms with Gasteiger partial charge in [0.15, 0.2) is 0 Å². The number of hydrogen-bond acceptors (Lipinski definition) is 4. The maximum atomic E-state index is 10.1. The van der Waals surface area contributed by atoms with Crippen LogP contribution in [0.2, 0.25) is 0 Å². The molecule has 4 nitrogen and oxygen atoms in total. The molecular weight excluding hydrogens is 215 g/mol. The summed E-state index contributed by atoms with van der Waals surface area (Å²) in [5.74, 6) is 0.0424. The summed E-state index contributed by atoms with van der Waals surface area (Å²) in [6.07, 6.45) is 0. The van der Waals surface area contributed by atoms with Gasteiger partial charge in [-0.05, 0) is 12.1 Å². The molecule has 0 spiro atoms. The van der Waals surface area contributed by atoms with Crippen LogP contribution in [0.5, 0.6) is 5.75 Å². The van der Waals surface area contributed by atoms with Crippen LogP contribution in [0.15, 0.2) is 30.3 Å². The Labute approximate surface area is 121 Å². The van der Waals surface area contributed by atoms with Crippen molar-refractivity contribution in [2.75, 3.05) is 0 Å². The smallest absolute Gasteiger partial charge is 0.780 e. The zero-order valence-corrected chi connectivity index (χ0v) is 12.4. The van der Waals surface area contributed by atoms with E-state index in [0.717, 1.165) is 0 Å². The molecule has 1 rings (SSSR count). The topological polar surface area (TPSA) is 72.4 Å². The Morgan fingerprint density at radius 2 is 1.54 bits per heavy atom. The molecule has 0 heterocycles. The van der Waals surface area contributed by atoms with Crippen molar-refractivity contribution in [3.05, 3.63) is 30.3 Å². The fourth-order valence-electron chi connectivity index (χ4n) is 0.610. The molecule has 0 aliphatic heterocycles. The van der Waals surface area contributed by atoms with Crippen molar-refractivity contribution >= 4 is 7.82 Å². The molecule has 0 saturated heterocycles. The Balaban J connectivity index is 0. The molecule has 0 aromatic heterocycles. The van der Waals surface area contributed by atoms with Gasteiger partial charge >= 0.3 is 59.1 Å². The van der Waals surface area contributed by atoms with Crippen molar-refractivity contribution < 1.29 is 78.0 Å². The summed E-state index contributed by atoms with van der Waals surface area (Å²) >= 11 is 0. The Hall–Kier alpha value is 1.17. The quantitative estimate of drug-likeness (QED) is 0.282. The standard InChI is InChI=1S/C6H7O4P.2Na/c7-11(8,9)10-6-4-2-1-3-5-6;;/h1-5H,(H2,7,8,9);;/q;2*+1/p-2/i10+2;;. The predicted molar refractivity (Wildman–Crippen MR) is 34.7 cm³/mol. The van der Waals surface area contributed by atoms with Gasteiger partial charge in [0.25, 0.3) is 0 Å². The maximum absolute atomic E-state index is 10.1. The molecule has 0 aliphatic carbocycles. The number of benzene rings is 1. The van der Waals surface area contributed by atoms with Gasteiger partial charge < -0.3 is 18.9 Å². The van der Waals surface area contributed by atoms with Crippen LogP contribution >= 0.6 is 7.82 Å². The van der Waals surface area contributed by atoms with Crippen LogP contribution in [-0.4, -0.2) is 0 Å². The van der Waals surface area contributed by atoms with E-state index in [1.807, 2.05) is 0 Å². The first kappa shape index (κ1) is 16.6. The molecule has 1 aromatic rings. The molecule has 0 bridgehead atoms. The SMILES string of the molecule is O=P([O-])([O-])[18O]c1ccccc1.[Na+].[Na+]. The second-order valence-electron chi connectivity index (χ2n) is 1.85. The molecule has 0 atom stereocenters. The number of hydrogen-bond donors (Lipinski definition) is 0. The van der Waals surface area contributed by atoms with Crippen molar-refractivity contribution in [1.29, 1.82) is 0 Å². The number of phosphoric acid groups is 1. The maximum Gasteiger partial charge on any atom is 1.00 e. The molecule has 0 unspecified atom stereocenters. The van der Waals surface area contributed by atoms with Gasteiger partial charge in [-0.1, -0.05) is 18.2 Å². The van der Waals surface area contributed by atoms with Crippen LogP contribution < -0.4 is 73.4 Å². The molecule has 7 heteroatoms. The van der Waals surface area contributed by atoms with E-state index in [0.29, 0.717) is 0 Å². The Bertz CT molecular complexity index is 273. The molecule has 0 amide bonds. The van der Waals surface area contributed by atoms with Crippen LogP contribution in [-0.2, 0) is 4.57 Å². The number of phosphoric ester groups is 1. The number of rotatable bonds is 2. The third-order valence-electron chi connectivity index (χ3n) is 0.960. The minimum Gasteiger partial charge on any atom is -0.780 e. The van der Waals surface area contributed by atoms with E-state index in [-0.39, 0.29) is 64.9 Å². The van der Waals surface area contributed by atoms with Gasteiger partial charge in [0.2, 0.25) is 0 Å². The van der Waals surface area contributed by atoms with E-state index < -0.39 is 7.82 Å². The molecule has 13 heavy (non-hydrogen) atoms. The monoisotopic (exact) mass is 220 g/mol. The van der Waals surface area contributed by atoms with Crippen molar-refractivity contribution in [3.63, 3.8) is 0 Å². The van der Waals surface area contributed by atoms with Crippen molar-refractivity contribution in [1.82, 2.24) is 0 Å². The molecular formula is C6H5Na2O4P. The van der Waals surface area contributed by atoms with Crippen LogP contribution in [0, 0.1) is 0 Å². The molecule has 0 N–H and O–H groups in total. The van der Waals surface area contributed by atoms with Crippen molar-refractivity contribution in [3.8, 4) is 5.75 Å². The van der Waals surface area contributed by atoms with Gasteiger partial charge in [-0.3, -0.25) is 0 Å². The summed E-state index contributed by atoms with van der Waals surface area (Å²) in [4.78, 5) is 20.1. The first-order valence-corrected chi connectivity index (χ1v) is 4.31. The van der Waals surface area contributed by atoms with E-state index in [9.17, 15) is 14.4 Å². The van der Waals surface area contributed by atoms with Gasteiger partial charge in [0.1, 0.15) is 13.6 Å². The van der Waals surface area contributed by atoms with Gasteiger partial charge in [0, 0.05) is 0 Å². The third-order valence-corrected chi connectivity index (χ3v) is 1.39. The van der Waals surface area contributed by atoms with E-state index in [1.54, 1.807) is 18.2 Å². The molecule has 0 fully saturated rings. The van der Waals surface area contributed by atoms with E-state index >= 15 is 0 Å². The van der Waals surface area contributed by atoms with E-state index in [4.69, 9.17) is 0 Å². The summed E-state index contributed by atoms with van der Waals surface area (Å²) in [6.45, 7) is 0. The summed E-state index contributed by atoms with van der Waals surface area (Å²) in [6, 6.07) is 7.62. The van der Waals surface area contributed by atoms with Crippen LogP contribution in [0.3, 0.4) is 0 Å².